The van der Waals surface area contributed by atoms with Crippen LogP contribution in [0, 0.1) is 0 Å². The molecule has 0 aromatic carbocycles. The molecular weight excluding hydrogens is 570 g/mol. The lowest BCUT2D eigenvalue weighted by Crippen LogP contribution is -2.55. The number of carboxylic acids is 1. The topological polar surface area (TPSA) is 102 Å². The molecule has 258 valence electrons. The monoisotopic (exact) mass is 633 g/mol. The number of hydrogen-bond donors (Lipinski definition) is 0. The van der Waals surface area contributed by atoms with E-state index in [1.165, 1.54) is 25.7 Å². The Bertz CT molecular complexity index is 886. The predicted octanol–water partition coefficient (Wildman–Crippen LogP) is 6.79. The van der Waals surface area contributed by atoms with Crippen LogP contribution in [0.5, 0.6) is 0 Å². The Balaban J connectivity index is 4.59. The molecule has 0 aromatic rings. The lowest BCUT2D eigenvalue weighted by Gasteiger charge is -2.34. The summed E-state index contributed by atoms with van der Waals surface area (Å²) in [5.41, 5.74) is 0. The van der Waals surface area contributed by atoms with E-state index in [4.69, 9.17) is 14.2 Å². The number of rotatable bonds is 29. The second kappa shape index (κ2) is 28.7. The normalized spacial score (nSPS) is 13.7. The first-order valence-electron chi connectivity index (χ1n) is 17.2. The second-order valence-electron chi connectivity index (χ2n) is 12.4. The van der Waals surface area contributed by atoms with Gasteiger partial charge >= 0.3 is 11.9 Å². The zero-order valence-electron chi connectivity index (χ0n) is 29.0. The minimum Gasteiger partial charge on any atom is -0.544 e. The molecule has 0 saturated heterocycles. The number of nitrogens with zero attached hydrogens (tertiary/aromatic N) is 1. The molecule has 0 aliphatic heterocycles. The third-order valence-electron chi connectivity index (χ3n) is 7.23. The third-order valence-corrected chi connectivity index (χ3v) is 7.23. The molecule has 8 nitrogen and oxygen atoms in total. The number of carbonyl (C=O) groups is 3. The summed E-state index contributed by atoms with van der Waals surface area (Å²) in [5, 5.41) is 11.5. The highest BCUT2D eigenvalue weighted by molar-refractivity contribution is 5.71. The van der Waals surface area contributed by atoms with Gasteiger partial charge in [-0.2, -0.15) is 0 Å². The molecule has 0 heterocycles. The van der Waals surface area contributed by atoms with E-state index in [0.717, 1.165) is 57.8 Å². The maximum atomic E-state index is 12.6. The van der Waals surface area contributed by atoms with Crippen molar-refractivity contribution in [1.29, 1.82) is 0 Å². The van der Waals surface area contributed by atoms with Crippen LogP contribution in [0.4, 0.5) is 0 Å². The Morgan fingerprint density at radius 1 is 0.711 bits per heavy atom. The largest absolute Gasteiger partial charge is 0.544 e. The molecule has 0 saturated carbocycles. The summed E-state index contributed by atoms with van der Waals surface area (Å²) >= 11 is 0. The van der Waals surface area contributed by atoms with Gasteiger partial charge in [-0.1, -0.05) is 94.6 Å². The van der Waals surface area contributed by atoms with Gasteiger partial charge in [-0.15, -0.1) is 0 Å². The van der Waals surface area contributed by atoms with Gasteiger partial charge in [-0.25, -0.2) is 0 Å². The summed E-state index contributed by atoms with van der Waals surface area (Å²) in [6.45, 7) is 4.36. The lowest BCUT2D eigenvalue weighted by molar-refractivity contribution is -0.889. The van der Waals surface area contributed by atoms with Gasteiger partial charge in [0, 0.05) is 12.8 Å². The molecule has 2 atom stereocenters. The summed E-state index contributed by atoms with van der Waals surface area (Å²) in [7, 11) is 5.35. The van der Waals surface area contributed by atoms with Crippen molar-refractivity contribution in [3.05, 3.63) is 48.6 Å². The van der Waals surface area contributed by atoms with Crippen molar-refractivity contribution in [2.75, 3.05) is 41.0 Å². The van der Waals surface area contributed by atoms with Gasteiger partial charge < -0.3 is 28.6 Å². The van der Waals surface area contributed by atoms with Crippen molar-refractivity contribution in [2.45, 2.75) is 129 Å². The summed E-state index contributed by atoms with van der Waals surface area (Å²) in [5.74, 6) is -1.91. The molecule has 0 aliphatic rings. The van der Waals surface area contributed by atoms with Gasteiger partial charge in [-0.3, -0.25) is 9.59 Å². The van der Waals surface area contributed by atoms with Crippen molar-refractivity contribution >= 4 is 17.9 Å². The fourth-order valence-corrected chi connectivity index (χ4v) is 4.53. The summed E-state index contributed by atoms with van der Waals surface area (Å²) < 4.78 is 16.9. The minimum absolute atomic E-state index is 0.00893. The number of esters is 2. The molecule has 0 rings (SSSR count). The zero-order valence-corrected chi connectivity index (χ0v) is 29.0. The van der Waals surface area contributed by atoms with Crippen LogP contribution in [0.3, 0.4) is 0 Å². The number of allylic oxidation sites excluding steroid dienone is 7. The van der Waals surface area contributed by atoms with E-state index in [1.54, 1.807) is 27.2 Å². The summed E-state index contributed by atoms with van der Waals surface area (Å²) in [6, 6.07) is -0.736. The SMILES string of the molecule is CC/C=C/C/C=C/C/C=C/CC(=O)OCC(COCCC(C(=O)[O-])[N+](C)(C)C)OC(=O)CCCCCCC/C=C/CCCCC. The number of likely N-dealkylation sites (N-methyl/N-ethyl adjacent to an activating group) is 1. The number of ether oxygens (including phenoxy) is 3. The minimum atomic E-state index is -1.14. The molecule has 0 aliphatic carbocycles. The fraction of sp³-hybridized carbons (Fsp3) is 0.703. The van der Waals surface area contributed by atoms with E-state index in [-0.39, 0.29) is 43.1 Å². The first kappa shape index (κ1) is 42.3. The predicted molar refractivity (Wildman–Crippen MR) is 180 cm³/mol. The van der Waals surface area contributed by atoms with Crippen molar-refractivity contribution in [1.82, 2.24) is 0 Å². The van der Waals surface area contributed by atoms with Gasteiger partial charge in [0.05, 0.1) is 46.7 Å². The highest BCUT2D eigenvalue weighted by Gasteiger charge is 2.25. The van der Waals surface area contributed by atoms with Crippen molar-refractivity contribution < 1.29 is 38.2 Å². The quantitative estimate of drug-likeness (QED) is 0.0387. The van der Waals surface area contributed by atoms with Gasteiger partial charge in [0.2, 0.25) is 0 Å². The van der Waals surface area contributed by atoms with E-state index in [2.05, 4.69) is 44.2 Å². The van der Waals surface area contributed by atoms with Gasteiger partial charge in [0.25, 0.3) is 0 Å². The third kappa shape index (κ3) is 27.3. The average molecular weight is 634 g/mol. The van der Waals surface area contributed by atoms with Crippen molar-refractivity contribution in [3.8, 4) is 0 Å². The summed E-state index contributed by atoms with van der Waals surface area (Å²) in [6.07, 6.45) is 30.3. The molecule has 8 heteroatoms. The molecule has 2 unspecified atom stereocenters. The van der Waals surface area contributed by atoms with Gasteiger partial charge in [0.15, 0.2) is 6.10 Å². The number of aliphatic carboxylic acids is 1. The summed E-state index contributed by atoms with van der Waals surface area (Å²) in [4.78, 5) is 36.4. The van der Waals surface area contributed by atoms with E-state index in [0.29, 0.717) is 6.42 Å². The number of carbonyl (C=O) groups excluding carboxylic acids is 3. The molecule has 0 aromatic heterocycles. The Labute approximate surface area is 274 Å². The Morgan fingerprint density at radius 2 is 1.31 bits per heavy atom. The van der Waals surface area contributed by atoms with Crippen LogP contribution in [0.1, 0.15) is 117 Å². The van der Waals surface area contributed by atoms with Crippen LogP contribution in [0.15, 0.2) is 48.6 Å². The second-order valence-corrected chi connectivity index (χ2v) is 12.4. The number of carboxylic acid groups (broad SMARTS) is 1. The molecule has 0 spiro atoms. The Hall–Kier alpha value is -2.71. The molecule has 0 amide bonds. The number of hydrogen-bond acceptors (Lipinski definition) is 7. The first-order valence-corrected chi connectivity index (χ1v) is 17.2. The molecule has 0 fully saturated rings. The average Bonchev–Trinajstić information content (AvgIpc) is 2.98. The van der Waals surface area contributed by atoms with E-state index in [1.807, 2.05) is 12.2 Å². The maximum absolute atomic E-state index is 12.6. The highest BCUT2D eigenvalue weighted by Crippen LogP contribution is 2.11. The van der Waals surface area contributed by atoms with E-state index < -0.39 is 24.1 Å². The van der Waals surface area contributed by atoms with E-state index >= 15 is 0 Å². The Kier molecular flexibility index (Phi) is 27.0. The van der Waals surface area contributed by atoms with Gasteiger partial charge in [0.1, 0.15) is 12.6 Å². The van der Waals surface area contributed by atoms with Crippen LogP contribution in [0.25, 0.3) is 0 Å². The van der Waals surface area contributed by atoms with Crippen LogP contribution < -0.4 is 5.11 Å². The van der Waals surface area contributed by atoms with Crippen LogP contribution in [-0.4, -0.2) is 75.5 Å². The molecule has 0 bridgehead atoms. The fourth-order valence-electron chi connectivity index (χ4n) is 4.53. The molecule has 45 heavy (non-hydrogen) atoms. The van der Waals surface area contributed by atoms with Crippen molar-refractivity contribution in [2.24, 2.45) is 0 Å². The number of unbranched alkanes of at least 4 members (excludes halogenated alkanes) is 8. The lowest BCUT2D eigenvalue weighted by atomic mass is 10.1. The van der Waals surface area contributed by atoms with Crippen LogP contribution in [0.2, 0.25) is 0 Å². The maximum Gasteiger partial charge on any atom is 0.309 e. The molecule has 0 radical (unpaired) electrons. The van der Waals surface area contributed by atoms with Crippen LogP contribution in [-0.2, 0) is 28.6 Å². The van der Waals surface area contributed by atoms with Crippen LogP contribution >= 0.6 is 0 Å². The van der Waals surface area contributed by atoms with Gasteiger partial charge in [-0.05, 0) is 51.4 Å². The zero-order chi connectivity index (χ0) is 33.6. The standard InChI is InChI=1S/C37H63NO7/c1-6-8-10-12-14-16-17-18-20-22-24-26-28-36(40)45-33(31-43-30-29-34(37(41)42)38(3,4)5)32-44-35(39)27-25-23-21-19-15-13-11-9-7-2/h9,11,14-16,19,23,25,33-34H,6-8,10,12-13,17-18,20-22,24,26-32H2,1-5H3/b11-9+,16-14+,19-15+,25-23+. The number of quaternary nitrogens is 1. The Morgan fingerprint density at radius 3 is 1.93 bits per heavy atom. The smallest absolute Gasteiger partial charge is 0.309 e. The van der Waals surface area contributed by atoms with Crippen molar-refractivity contribution in [3.63, 3.8) is 0 Å². The molecule has 0 N–H and O–H groups in total. The molecular formula is C37H63NO7. The van der Waals surface area contributed by atoms with E-state index in [9.17, 15) is 19.5 Å². The first-order chi connectivity index (χ1) is 21.6. The highest BCUT2D eigenvalue weighted by atomic mass is 16.6.